The Labute approximate surface area is 200 Å². The number of aromatic nitrogens is 2. The molecular weight excluding hydrogens is 461 g/mol. The van der Waals surface area contributed by atoms with Crippen LogP contribution in [0.25, 0.3) is 11.0 Å². The van der Waals surface area contributed by atoms with Gasteiger partial charge in [-0.2, -0.15) is 0 Å². The lowest BCUT2D eigenvalue weighted by molar-refractivity contribution is -0.117. The average molecular weight is 480 g/mol. The lowest BCUT2D eigenvalue weighted by Crippen LogP contribution is -2.24. The van der Waals surface area contributed by atoms with Gasteiger partial charge in [0, 0.05) is 37.2 Å². The van der Waals surface area contributed by atoms with Gasteiger partial charge in [-0.25, -0.2) is 4.98 Å². The van der Waals surface area contributed by atoms with E-state index >= 15 is 0 Å². The smallest absolute Gasteiger partial charge is 0.231 e. The van der Waals surface area contributed by atoms with Gasteiger partial charge in [0.25, 0.3) is 0 Å². The number of carbonyl (C=O) groups excluding carboxylic acids is 1. The van der Waals surface area contributed by atoms with Gasteiger partial charge in [-0.1, -0.05) is 41.4 Å². The van der Waals surface area contributed by atoms with E-state index in [1.807, 2.05) is 48.5 Å². The van der Waals surface area contributed by atoms with E-state index < -0.39 is 0 Å². The van der Waals surface area contributed by atoms with E-state index in [2.05, 4.69) is 10.6 Å². The second-order valence-electron chi connectivity index (χ2n) is 8.24. The standard InChI is InChI=1S/C25H19Cl2N3O3/c26-18-7-5-15(9-19(18)27)12-30-21-4-2-1-3-20(21)28-25(30)16-10-24(31)29(13-16)17-6-8-22-23(11-17)33-14-32-22/h1-9,11,16H,10,12-14H2. The number of carbonyl (C=O) groups is 1. The number of hydrogen-bond acceptors (Lipinski definition) is 4. The first-order valence-corrected chi connectivity index (χ1v) is 11.4. The Morgan fingerprint density at radius 2 is 1.82 bits per heavy atom. The van der Waals surface area contributed by atoms with Crippen molar-refractivity contribution in [2.24, 2.45) is 0 Å². The minimum atomic E-state index is -0.0434. The zero-order chi connectivity index (χ0) is 22.5. The van der Waals surface area contributed by atoms with Gasteiger partial charge >= 0.3 is 0 Å². The molecule has 3 heterocycles. The van der Waals surface area contributed by atoms with Crippen LogP contribution in [0, 0.1) is 0 Å². The van der Waals surface area contributed by atoms with Crippen molar-refractivity contribution in [3.05, 3.63) is 82.1 Å². The predicted octanol–water partition coefficient (Wildman–Crippen LogP) is 5.64. The van der Waals surface area contributed by atoms with Gasteiger partial charge < -0.3 is 18.9 Å². The Balaban J connectivity index is 1.36. The molecule has 0 saturated carbocycles. The zero-order valence-electron chi connectivity index (χ0n) is 17.5. The molecule has 166 valence electrons. The summed E-state index contributed by atoms with van der Waals surface area (Å²) in [4.78, 5) is 19.7. The Hall–Kier alpha value is -3.22. The first-order chi connectivity index (χ1) is 16.1. The predicted molar refractivity (Wildman–Crippen MR) is 128 cm³/mol. The van der Waals surface area contributed by atoms with Crippen molar-refractivity contribution in [1.29, 1.82) is 0 Å². The normalized spacial score (nSPS) is 17.3. The molecule has 0 spiro atoms. The van der Waals surface area contributed by atoms with E-state index in [9.17, 15) is 4.79 Å². The van der Waals surface area contributed by atoms with Crippen molar-refractivity contribution in [1.82, 2.24) is 9.55 Å². The van der Waals surface area contributed by atoms with Gasteiger partial charge in [0.05, 0.1) is 21.1 Å². The van der Waals surface area contributed by atoms with Crippen molar-refractivity contribution in [3.8, 4) is 11.5 Å². The molecule has 6 nitrogen and oxygen atoms in total. The summed E-state index contributed by atoms with van der Waals surface area (Å²) < 4.78 is 13.1. The van der Waals surface area contributed by atoms with Crippen LogP contribution < -0.4 is 14.4 Å². The summed E-state index contributed by atoms with van der Waals surface area (Å²) >= 11 is 12.4. The molecule has 8 heteroatoms. The van der Waals surface area contributed by atoms with Crippen LogP contribution in [0.2, 0.25) is 10.0 Å². The van der Waals surface area contributed by atoms with Crippen LogP contribution in [0.5, 0.6) is 11.5 Å². The van der Waals surface area contributed by atoms with Crippen LogP contribution in [0.4, 0.5) is 5.69 Å². The Bertz CT molecular complexity index is 1400. The second-order valence-corrected chi connectivity index (χ2v) is 9.05. The second kappa shape index (κ2) is 7.97. The molecule has 0 bridgehead atoms. The molecule has 1 atom stereocenters. The summed E-state index contributed by atoms with van der Waals surface area (Å²) in [6.45, 7) is 1.33. The van der Waals surface area contributed by atoms with Crippen LogP contribution in [0.3, 0.4) is 0 Å². The van der Waals surface area contributed by atoms with E-state index in [-0.39, 0.29) is 18.6 Å². The fraction of sp³-hybridized carbons (Fsp3) is 0.200. The van der Waals surface area contributed by atoms with Crippen molar-refractivity contribution in [2.45, 2.75) is 18.9 Å². The number of benzene rings is 3. The minimum Gasteiger partial charge on any atom is -0.454 e. The lowest BCUT2D eigenvalue weighted by Gasteiger charge is -2.18. The highest BCUT2D eigenvalue weighted by molar-refractivity contribution is 6.42. The van der Waals surface area contributed by atoms with Gasteiger partial charge in [-0.3, -0.25) is 4.79 Å². The highest BCUT2D eigenvalue weighted by Gasteiger charge is 2.35. The largest absolute Gasteiger partial charge is 0.454 e. The van der Waals surface area contributed by atoms with Gasteiger partial charge in [-0.05, 0) is 42.0 Å². The molecule has 33 heavy (non-hydrogen) atoms. The molecule has 1 amide bonds. The quantitative estimate of drug-likeness (QED) is 0.380. The number of anilines is 1. The number of para-hydroxylation sites is 2. The van der Waals surface area contributed by atoms with Crippen molar-refractivity contribution < 1.29 is 14.3 Å². The highest BCUT2D eigenvalue weighted by Crippen LogP contribution is 2.39. The minimum absolute atomic E-state index is 0.0434. The first kappa shape index (κ1) is 20.4. The number of imidazole rings is 1. The topological polar surface area (TPSA) is 56.6 Å². The molecular formula is C25H19Cl2N3O3. The maximum Gasteiger partial charge on any atom is 0.231 e. The Morgan fingerprint density at radius 3 is 2.70 bits per heavy atom. The molecule has 1 saturated heterocycles. The maximum absolute atomic E-state index is 13.0. The highest BCUT2D eigenvalue weighted by atomic mass is 35.5. The van der Waals surface area contributed by atoms with Crippen molar-refractivity contribution in [3.63, 3.8) is 0 Å². The molecule has 6 rings (SSSR count). The number of nitrogens with zero attached hydrogens (tertiary/aromatic N) is 3. The summed E-state index contributed by atoms with van der Waals surface area (Å²) in [6.07, 6.45) is 0.388. The number of rotatable bonds is 4. The van der Waals surface area contributed by atoms with Gasteiger partial charge in [-0.15, -0.1) is 0 Å². The van der Waals surface area contributed by atoms with Gasteiger partial charge in [0.2, 0.25) is 12.7 Å². The van der Waals surface area contributed by atoms with Crippen LogP contribution in [0.15, 0.2) is 60.7 Å². The molecule has 0 N–H and O–H groups in total. The summed E-state index contributed by atoms with van der Waals surface area (Å²) in [5.41, 5.74) is 3.75. The molecule has 2 aliphatic rings. The van der Waals surface area contributed by atoms with Crippen LogP contribution in [0.1, 0.15) is 23.7 Å². The SMILES string of the molecule is O=C1CC(c2nc3ccccc3n2Cc2ccc(Cl)c(Cl)c2)CN1c1ccc2c(c1)OCO2. The third-order valence-electron chi connectivity index (χ3n) is 6.17. The van der Waals surface area contributed by atoms with Crippen LogP contribution in [-0.2, 0) is 11.3 Å². The summed E-state index contributed by atoms with van der Waals surface area (Å²) in [6, 6.07) is 19.3. The number of halogens is 2. The number of amides is 1. The molecule has 4 aromatic rings. The Morgan fingerprint density at radius 1 is 0.970 bits per heavy atom. The maximum atomic E-state index is 13.0. The van der Waals surface area contributed by atoms with E-state index in [0.29, 0.717) is 41.1 Å². The zero-order valence-corrected chi connectivity index (χ0v) is 19.0. The van der Waals surface area contributed by atoms with Crippen molar-refractivity contribution in [2.75, 3.05) is 18.2 Å². The van der Waals surface area contributed by atoms with Crippen LogP contribution >= 0.6 is 23.2 Å². The molecule has 1 unspecified atom stereocenters. The number of ether oxygens (including phenoxy) is 2. The number of fused-ring (bicyclic) bond motifs is 2. The van der Waals surface area contributed by atoms with E-state index in [0.717, 1.165) is 28.1 Å². The van der Waals surface area contributed by atoms with Gasteiger partial charge in [0.1, 0.15) is 5.82 Å². The van der Waals surface area contributed by atoms with E-state index in [1.54, 1.807) is 11.0 Å². The Kier molecular flexibility index (Phi) is 4.93. The molecule has 0 aliphatic carbocycles. The number of hydrogen-bond donors (Lipinski definition) is 0. The molecule has 0 radical (unpaired) electrons. The lowest BCUT2D eigenvalue weighted by atomic mass is 10.1. The third kappa shape index (κ3) is 3.59. The van der Waals surface area contributed by atoms with Crippen LogP contribution in [-0.4, -0.2) is 28.8 Å². The molecule has 1 fully saturated rings. The van der Waals surface area contributed by atoms with E-state index in [4.69, 9.17) is 37.7 Å². The monoisotopic (exact) mass is 479 g/mol. The summed E-state index contributed by atoms with van der Waals surface area (Å²) in [5.74, 6) is 2.27. The average Bonchev–Trinajstić information content (AvgIpc) is 3.53. The molecule has 2 aliphatic heterocycles. The van der Waals surface area contributed by atoms with E-state index in [1.165, 1.54) is 0 Å². The van der Waals surface area contributed by atoms with Gasteiger partial charge in [0.15, 0.2) is 11.5 Å². The summed E-state index contributed by atoms with van der Waals surface area (Å²) in [5, 5.41) is 1.04. The fourth-order valence-corrected chi connectivity index (χ4v) is 4.90. The fourth-order valence-electron chi connectivity index (χ4n) is 4.58. The van der Waals surface area contributed by atoms with Crippen molar-refractivity contribution >= 4 is 45.8 Å². The first-order valence-electron chi connectivity index (χ1n) is 10.7. The molecule has 1 aromatic heterocycles. The third-order valence-corrected chi connectivity index (χ3v) is 6.91. The summed E-state index contributed by atoms with van der Waals surface area (Å²) in [7, 11) is 0. The molecule has 3 aromatic carbocycles.